The summed E-state index contributed by atoms with van der Waals surface area (Å²) in [6, 6.07) is 10.3. The number of likely N-dealkylation sites (tertiary alicyclic amines) is 1. The third kappa shape index (κ3) is 2.46. The summed E-state index contributed by atoms with van der Waals surface area (Å²) in [6.45, 7) is 4.44. The number of benzene rings is 1. The summed E-state index contributed by atoms with van der Waals surface area (Å²) in [5, 5.41) is 0. The second-order valence-corrected chi connectivity index (χ2v) is 5.26. The predicted octanol–water partition coefficient (Wildman–Crippen LogP) is 2.42. The van der Waals surface area contributed by atoms with Gasteiger partial charge in [-0.25, -0.2) is 4.98 Å². The lowest BCUT2D eigenvalue weighted by molar-refractivity contribution is -0.128. The molecule has 0 spiro atoms. The van der Waals surface area contributed by atoms with E-state index in [-0.39, 0.29) is 5.91 Å². The van der Waals surface area contributed by atoms with Gasteiger partial charge in [-0.15, -0.1) is 0 Å². The zero-order chi connectivity index (χ0) is 13.9. The molecule has 1 aromatic carbocycles. The lowest BCUT2D eigenvalue weighted by Gasteiger charge is -2.17. The van der Waals surface area contributed by atoms with Gasteiger partial charge in [0.15, 0.2) is 0 Å². The molecule has 1 amide bonds. The largest absolute Gasteiger partial charge is 0.336 e. The van der Waals surface area contributed by atoms with Crippen LogP contribution < -0.4 is 0 Å². The number of imidazole rings is 1. The Hall–Kier alpha value is -2.10. The molecule has 20 heavy (non-hydrogen) atoms. The number of nitrogens with zero attached hydrogens (tertiary/aromatic N) is 3. The van der Waals surface area contributed by atoms with Gasteiger partial charge in [0.1, 0.15) is 0 Å². The number of aryl methyl sites for hydroxylation is 1. The normalized spacial score (nSPS) is 18.8. The molecule has 4 nitrogen and oxygen atoms in total. The van der Waals surface area contributed by atoms with Gasteiger partial charge < -0.3 is 9.47 Å². The van der Waals surface area contributed by atoms with Crippen molar-refractivity contribution >= 4 is 5.91 Å². The molecule has 0 saturated carbocycles. The fourth-order valence-electron chi connectivity index (χ4n) is 2.83. The van der Waals surface area contributed by atoms with Crippen molar-refractivity contribution in [2.75, 3.05) is 6.54 Å². The maximum absolute atomic E-state index is 12.2. The van der Waals surface area contributed by atoms with Gasteiger partial charge in [0.05, 0.1) is 18.6 Å². The minimum atomic E-state index is 0.239. The number of aromatic nitrogens is 2. The fourth-order valence-corrected chi connectivity index (χ4v) is 2.83. The van der Waals surface area contributed by atoms with E-state index in [9.17, 15) is 4.79 Å². The van der Waals surface area contributed by atoms with Crippen LogP contribution in [0.15, 0.2) is 42.9 Å². The molecule has 3 rings (SSSR count). The van der Waals surface area contributed by atoms with E-state index in [1.165, 1.54) is 5.56 Å². The molecule has 2 heterocycles. The summed E-state index contributed by atoms with van der Waals surface area (Å²) in [5.41, 5.74) is 2.36. The van der Waals surface area contributed by atoms with E-state index < -0.39 is 0 Å². The van der Waals surface area contributed by atoms with Gasteiger partial charge in [-0.05, 0) is 12.5 Å². The molecule has 2 aromatic rings. The highest BCUT2D eigenvalue weighted by Crippen LogP contribution is 2.28. The van der Waals surface area contributed by atoms with E-state index in [0.717, 1.165) is 18.8 Å². The van der Waals surface area contributed by atoms with Gasteiger partial charge in [0.2, 0.25) is 5.91 Å². The molecule has 0 unspecified atom stereocenters. The van der Waals surface area contributed by atoms with Crippen LogP contribution in [0.2, 0.25) is 0 Å². The first-order valence-electron chi connectivity index (χ1n) is 7.09. The quantitative estimate of drug-likeness (QED) is 0.855. The average Bonchev–Trinajstić information content (AvgIpc) is 3.07. The molecule has 1 aliphatic heterocycles. The van der Waals surface area contributed by atoms with Crippen LogP contribution in [-0.2, 0) is 17.9 Å². The number of rotatable bonds is 4. The molecule has 4 heteroatoms. The van der Waals surface area contributed by atoms with Gasteiger partial charge in [-0.3, -0.25) is 4.79 Å². The summed E-state index contributed by atoms with van der Waals surface area (Å²) < 4.78 is 2.09. The SMILES string of the molecule is CCn1cncc1CN1C[C@@H](c2ccccc2)CC1=O. The van der Waals surface area contributed by atoms with Crippen LogP contribution in [0.3, 0.4) is 0 Å². The third-order valence-corrected chi connectivity index (χ3v) is 3.98. The van der Waals surface area contributed by atoms with Crippen molar-refractivity contribution in [3.63, 3.8) is 0 Å². The summed E-state index contributed by atoms with van der Waals surface area (Å²) in [4.78, 5) is 18.3. The van der Waals surface area contributed by atoms with Crippen LogP contribution >= 0.6 is 0 Å². The Labute approximate surface area is 119 Å². The first kappa shape index (κ1) is 12.9. The van der Waals surface area contributed by atoms with E-state index >= 15 is 0 Å². The zero-order valence-corrected chi connectivity index (χ0v) is 11.7. The Bertz CT molecular complexity index is 591. The summed E-state index contributed by atoms with van der Waals surface area (Å²) >= 11 is 0. The van der Waals surface area contributed by atoms with E-state index in [2.05, 4.69) is 28.6 Å². The van der Waals surface area contributed by atoms with Crippen LogP contribution in [0.25, 0.3) is 0 Å². The molecule has 0 bridgehead atoms. The van der Waals surface area contributed by atoms with E-state index in [1.807, 2.05) is 35.6 Å². The number of amides is 1. The Kier molecular flexibility index (Phi) is 3.54. The number of carbonyl (C=O) groups excluding carboxylic acids is 1. The van der Waals surface area contributed by atoms with Crippen molar-refractivity contribution in [1.82, 2.24) is 14.5 Å². The average molecular weight is 269 g/mol. The van der Waals surface area contributed by atoms with Gasteiger partial charge in [0, 0.05) is 31.6 Å². The van der Waals surface area contributed by atoms with Crippen molar-refractivity contribution in [3.05, 3.63) is 54.1 Å². The Morgan fingerprint density at radius 2 is 2.10 bits per heavy atom. The highest BCUT2D eigenvalue weighted by Gasteiger charge is 2.30. The lowest BCUT2D eigenvalue weighted by atomic mass is 9.99. The summed E-state index contributed by atoms with van der Waals surface area (Å²) in [6.07, 6.45) is 4.29. The molecule has 1 aromatic heterocycles. The molecular formula is C16H19N3O. The fraction of sp³-hybridized carbons (Fsp3) is 0.375. The Morgan fingerprint density at radius 3 is 2.85 bits per heavy atom. The van der Waals surface area contributed by atoms with Crippen molar-refractivity contribution < 1.29 is 4.79 Å². The van der Waals surface area contributed by atoms with E-state index in [0.29, 0.717) is 18.9 Å². The van der Waals surface area contributed by atoms with Crippen molar-refractivity contribution in [3.8, 4) is 0 Å². The predicted molar refractivity (Wildman–Crippen MR) is 77.1 cm³/mol. The first-order chi connectivity index (χ1) is 9.78. The zero-order valence-electron chi connectivity index (χ0n) is 11.7. The van der Waals surface area contributed by atoms with Crippen LogP contribution in [0.5, 0.6) is 0 Å². The van der Waals surface area contributed by atoms with Crippen LogP contribution in [-0.4, -0.2) is 26.9 Å². The molecule has 0 aliphatic carbocycles. The van der Waals surface area contributed by atoms with Crippen LogP contribution in [0.1, 0.15) is 30.5 Å². The maximum atomic E-state index is 12.2. The van der Waals surface area contributed by atoms with Gasteiger partial charge >= 0.3 is 0 Å². The number of hydrogen-bond acceptors (Lipinski definition) is 2. The Balaban J connectivity index is 1.72. The maximum Gasteiger partial charge on any atom is 0.223 e. The smallest absolute Gasteiger partial charge is 0.223 e. The van der Waals surface area contributed by atoms with Gasteiger partial charge in [0.25, 0.3) is 0 Å². The van der Waals surface area contributed by atoms with Crippen LogP contribution in [0, 0.1) is 0 Å². The van der Waals surface area contributed by atoms with Crippen LogP contribution in [0.4, 0.5) is 0 Å². The highest BCUT2D eigenvalue weighted by molar-refractivity contribution is 5.79. The standard InChI is InChI=1S/C16H19N3O/c1-2-18-12-17-9-15(18)11-19-10-14(8-16(19)20)13-6-4-3-5-7-13/h3-7,9,12,14H,2,8,10-11H2,1H3/t14-/m0/s1. The molecular weight excluding hydrogens is 250 g/mol. The molecule has 0 radical (unpaired) electrons. The summed E-state index contributed by atoms with van der Waals surface area (Å²) in [7, 11) is 0. The second-order valence-electron chi connectivity index (χ2n) is 5.26. The van der Waals surface area contributed by atoms with Crippen molar-refractivity contribution in [2.24, 2.45) is 0 Å². The van der Waals surface area contributed by atoms with Gasteiger partial charge in [-0.2, -0.15) is 0 Å². The lowest BCUT2D eigenvalue weighted by Crippen LogP contribution is -2.25. The second kappa shape index (κ2) is 5.49. The first-order valence-corrected chi connectivity index (χ1v) is 7.09. The molecule has 104 valence electrons. The molecule has 1 aliphatic rings. The van der Waals surface area contributed by atoms with Crippen molar-refractivity contribution in [1.29, 1.82) is 0 Å². The topological polar surface area (TPSA) is 38.1 Å². The molecule has 1 atom stereocenters. The minimum Gasteiger partial charge on any atom is -0.336 e. The number of carbonyl (C=O) groups is 1. The molecule has 1 saturated heterocycles. The highest BCUT2D eigenvalue weighted by atomic mass is 16.2. The van der Waals surface area contributed by atoms with E-state index in [1.54, 1.807) is 0 Å². The molecule has 0 N–H and O–H groups in total. The minimum absolute atomic E-state index is 0.239. The van der Waals surface area contributed by atoms with Gasteiger partial charge in [-0.1, -0.05) is 30.3 Å². The number of hydrogen-bond donors (Lipinski definition) is 0. The third-order valence-electron chi connectivity index (χ3n) is 3.98. The monoisotopic (exact) mass is 269 g/mol. The summed E-state index contributed by atoms with van der Waals surface area (Å²) in [5.74, 6) is 0.560. The Morgan fingerprint density at radius 1 is 1.30 bits per heavy atom. The van der Waals surface area contributed by atoms with E-state index in [4.69, 9.17) is 0 Å². The molecule has 1 fully saturated rings. The van der Waals surface area contributed by atoms with Crippen molar-refractivity contribution in [2.45, 2.75) is 32.4 Å².